The van der Waals surface area contributed by atoms with Gasteiger partial charge >= 0.3 is 0 Å². The van der Waals surface area contributed by atoms with Crippen molar-refractivity contribution < 1.29 is 19.1 Å². The molecule has 0 aliphatic heterocycles. The first-order valence-electron chi connectivity index (χ1n) is 11.5. The lowest BCUT2D eigenvalue weighted by Crippen LogP contribution is -2.20. The first kappa shape index (κ1) is 27.1. The van der Waals surface area contributed by atoms with Gasteiger partial charge in [-0.2, -0.15) is 5.10 Å². The Kier molecular flexibility index (Phi) is 9.27. The van der Waals surface area contributed by atoms with Gasteiger partial charge in [-0.3, -0.25) is 9.59 Å². The maximum Gasteiger partial charge on any atom is 0.271 e. The molecule has 194 valence electrons. The van der Waals surface area contributed by atoms with Crippen molar-refractivity contribution in [1.82, 2.24) is 10.4 Å². The first-order valence-corrected chi connectivity index (χ1v) is 13.5. The maximum absolute atomic E-state index is 12.6. The van der Waals surface area contributed by atoms with Crippen LogP contribution in [0, 0.1) is 3.57 Å². The Labute approximate surface area is 237 Å². The van der Waals surface area contributed by atoms with Crippen molar-refractivity contribution in [3.8, 4) is 22.8 Å². The molecule has 4 rings (SSSR count). The van der Waals surface area contributed by atoms with E-state index in [1.807, 2.05) is 54.8 Å². The molecule has 1 aromatic heterocycles. The minimum atomic E-state index is -0.582. The predicted molar refractivity (Wildman–Crippen MR) is 157 cm³/mol. The third kappa shape index (κ3) is 7.29. The molecule has 3 aromatic carbocycles. The Balaban J connectivity index is 1.38. The van der Waals surface area contributed by atoms with E-state index in [1.165, 1.54) is 17.6 Å². The maximum atomic E-state index is 12.6. The van der Waals surface area contributed by atoms with Gasteiger partial charge in [0.2, 0.25) is 0 Å². The summed E-state index contributed by atoms with van der Waals surface area (Å²) in [6.07, 6.45) is 1.51. The van der Waals surface area contributed by atoms with E-state index in [0.29, 0.717) is 32.8 Å². The van der Waals surface area contributed by atoms with E-state index in [9.17, 15) is 9.59 Å². The van der Waals surface area contributed by atoms with Gasteiger partial charge in [0.05, 0.1) is 22.1 Å². The van der Waals surface area contributed by atoms with Crippen molar-refractivity contribution in [2.75, 3.05) is 18.5 Å². The molecule has 0 saturated heterocycles. The molecule has 1 heterocycles. The highest BCUT2D eigenvalue weighted by molar-refractivity contribution is 14.1. The Morgan fingerprint density at radius 2 is 1.87 bits per heavy atom. The molecule has 11 heteroatoms. The van der Waals surface area contributed by atoms with Crippen molar-refractivity contribution in [3.63, 3.8) is 0 Å². The van der Waals surface area contributed by atoms with Crippen LogP contribution in [0.1, 0.15) is 22.8 Å². The van der Waals surface area contributed by atoms with Gasteiger partial charge in [0.15, 0.2) is 23.2 Å². The van der Waals surface area contributed by atoms with Gasteiger partial charge in [-0.05, 0) is 71.5 Å². The summed E-state index contributed by atoms with van der Waals surface area (Å²) in [5.74, 6) is -0.0523. The molecule has 0 saturated carbocycles. The fourth-order valence-corrected chi connectivity index (χ4v) is 4.86. The molecule has 9 nitrogen and oxygen atoms in total. The van der Waals surface area contributed by atoms with Gasteiger partial charge < -0.3 is 20.5 Å². The highest BCUT2D eigenvalue weighted by Crippen LogP contribution is 2.34. The monoisotopic (exact) mass is 641 g/mol. The lowest BCUT2D eigenvalue weighted by Gasteiger charge is -2.13. The number of nitrogens with one attached hydrogen (secondary N) is 2. The van der Waals surface area contributed by atoms with Crippen LogP contribution >= 0.6 is 33.9 Å². The Hall–Kier alpha value is -3.97. The average Bonchev–Trinajstić information content (AvgIpc) is 3.37. The number of thiazole rings is 1. The normalized spacial score (nSPS) is 10.8. The number of anilines is 2. The van der Waals surface area contributed by atoms with Crippen molar-refractivity contribution in [3.05, 3.63) is 86.8 Å². The number of nitrogens with zero attached hydrogens (tertiary/aromatic N) is 2. The molecule has 0 bridgehead atoms. The molecule has 2 amide bonds. The van der Waals surface area contributed by atoms with E-state index in [4.69, 9.17) is 15.2 Å². The van der Waals surface area contributed by atoms with Crippen LogP contribution in [-0.2, 0) is 4.79 Å². The summed E-state index contributed by atoms with van der Waals surface area (Å²) in [6, 6.07) is 20.5. The summed E-state index contributed by atoms with van der Waals surface area (Å²) in [6.45, 7) is 1.99. The molecule has 0 spiro atoms. The summed E-state index contributed by atoms with van der Waals surface area (Å²) < 4.78 is 11.8. The number of hydrazone groups is 1. The highest BCUT2D eigenvalue weighted by Gasteiger charge is 2.13. The minimum absolute atomic E-state index is 0.257. The fraction of sp³-hybridized carbons (Fsp3) is 0.111. The molecule has 0 fully saturated rings. The van der Waals surface area contributed by atoms with E-state index in [-0.39, 0.29) is 12.5 Å². The zero-order valence-electron chi connectivity index (χ0n) is 20.3. The van der Waals surface area contributed by atoms with Crippen LogP contribution in [0.5, 0.6) is 11.5 Å². The Morgan fingerprint density at radius 1 is 1.11 bits per heavy atom. The SMILES string of the molecule is CCOc1cc(/C=N/NC(=O)c2ccc(-c3csc(Nc4ccccc4)n3)cc2)cc(I)c1OCC(N)=O. The molecule has 4 N–H and O–H groups in total. The van der Waals surface area contributed by atoms with E-state index in [1.54, 1.807) is 24.3 Å². The van der Waals surface area contributed by atoms with E-state index in [2.05, 4.69) is 43.4 Å². The second-order valence-electron chi connectivity index (χ2n) is 7.82. The number of primary amides is 1. The number of halogens is 1. The number of aromatic nitrogens is 1. The largest absolute Gasteiger partial charge is 0.490 e. The van der Waals surface area contributed by atoms with Crippen molar-refractivity contribution in [2.45, 2.75) is 6.92 Å². The lowest BCUT2D eigenvalue weighted by atomic mass is 10.1. The van der Waals surface area contributed by atoms with Crippen LogP contribution in [0.3, 0.4) is 0 Å². The molecule has 4 aromatic rings. The second-order valence-corrected chi connectivity index (χ2v) is 9.84. The average molecular weight is 641 g/mol. The van der Waals surface area contributed by atoms with Gasteiger partial charge in [-0.25, -0.2) is 10.4 Å². The quantitative estimate of drug-likeness (QED) is 0.118. The lowest BCUT2D eigenvalue weighted by molar-refractivity contribution is -0.120. The number of rotatable bonds is 11. The third-order valence-electron chi connectivity index (χ3n) is 5.04. The highest BCUT2D eigenvalue weighted by atomic mass is 127. The van der Waals surface area contributed by atoms with E-state index < -0.39 is 5.91 Å². The fourth-order valence-electron chi connectivity index (χ4n) is 3.34. The summed E-state index contributed by atoms with van der Waals surface area (Å²) in [4.78, 5) is 28.3. The first-order chi connectivity index (χ1) is 18.4. The number of hydrogen-bond donors (Lipinski definition) is 3. The van der Waals surface area contributed by atoms with Gasteiger partial charge in [-0.15, -0.1) is 11.3 Å². The molecule has 0 aliphatic rings. The van der Waals surface area contributed by atoms with Crippen molar-refractivity contribution in [2.24, 2.45) is 10.8 Å². The van der Waals surface area contributed by atoms with Gasteiger partial charge in [-0.1, -0.05) is 30.3 Å². The number of para-hydroxylation sites is 1. The minimum Gasteiger partial charge on any atom is -0.490 e. The van der Waals surface area contributed by atoms with Crippen LogP contribution < -0.4 is 25.9 Å². The van der Waals surface area contributed by atoms with Crippen LogP contribution in [0.25, 0.3) is 11.3 Å². The molecule has 0 radical (unpaired) electrons. The van der Waals surface area contributed by atoms with E-state index >= 15 is 0 Å². The number of hydrogen-bond acceptors (Lipinski definition) is 8. The molecule has 0 aliphatic carbocycles. The van der Waals surface area contributed by atoms with Crippen molar-refractivity contribution in [1.29, 1.82) is 0 Å². The number of amides is 2. The standard InChI is InChI=1S/C27H24IN5O4S/c1-2-36-23-13-17(12-21(28)25(23)37-15-24(29)34)14-30-33-26(35)19-10-8-18(9-11-19)22-16-38-27(32-22)31-20-6-4-3-5-7-20/h3-14,16H,2,15H2,1H3,(H2,29,34)(H,31,32)(H,33,35)/b30-14+. The zero-order valence-corrected chi connectivity index (χ0v) is 23.3. The van der Waals surface area contributed by atoms with Crippen molar-refractivity contribution >= 4 is 62.8 Å². The number of carbonyl (C=O) groups excluding carboxylic acids is 2. The Morgan fingerprint density at radius 3 is 2.58 bits per heavy atom. The molecule has 0 atom stereocenters. The van der Waals surface area contributed by atoms with Gasteiger partial charge in [0.25, 0.3) is 11.8 Å². The number of benzene rings is 3. The number of nitrogens with two attached hydrogens (primary N) is 1. The summed E-state index contributed by atoms with van der Waals surface area (Å²) in [5, 5.41) is 10.1. The summed E-state index contributed by atoms with van der Waals surface area (Å²) in [7, 11) is 0. The van der Waals surface area contributed by atoms with Gasteiger partial charge in [0.1, 0.15) is 0 Å². The third-order valence-corrected chi connectivity index (χ3v) is 6.60. The van der Waals surface area contributed by atoms with E-state index in [0.717, 1.165) is 22.1 Å². The van der Waals surface area contributed by atoms with Crippen LogP contribution in [-0.4, -0.2) is 36.2 Å². The van der Waals surface area contributed by atoms with Crippen LogP contribution in [0.2, 0.25) is 0 Å². The van der Waals surface area contributed by atoms with Crippen LogP contribution in [0.15, 0.2) is 77.2 Å². The molecule has 38 heavy (non-hydrogen) atoms. The topological polar surface area (TPSA) is 128 Å². The second kappa shape index (κ2) is 13.0. The number of ether oxygens (including phenoxy) is 2. The molecular weight excluding hydrogens is 617 g/mol. The summed E-state index contributed by atoms with van der Waals surface area (Å²) in [5.41, 5.74) is 11.5. The van der Waals surface area contributed by atoms with Gasteiger partial charge in [0, 0.05) is 22.2 Å². The summed E-state index contributed by atoms with van der Waals surface area (Å²) >= 11 is 3.58. The molecule has 0 unspecified atom stereocenters. The van der Waals surface area contributed by atoms with Crippen LogP contribution in [0.4, 0.5) is 10.8 Å². The smallest absolute Gasteiger partial charge is 0.271 e. The zero-order chi connectivity index (χ0) is 26.9. The molecular formula is C27H24IN5O4S. The number of carbonyl (C=O) groups is 2. The predicted octanol–water partition coefficient (Wildman–Crippen LogP) is 5.19. The Bertz CT molecular complexity index is 1440.